The third-order valence-corrected chi connectivity index (χ3v) is 8.03. The number of carbonyl (C=O) groups excluding carboxylic acids is 2. The molecule has 3 aromatic heterocycles. The molecule has 0 radical (unpaired) electrons. The van der Waals surface area contributed by atoms with Gasteiger partial charge in [-0.3, -0.25) is 14.3 Å². The van der Waals surface area contributed by atoms with Crippen LogP contribution < -0.4 is 10.6 Å². The van der Waals surface area contributed by atoms with Crippen LogP contribution in [0, 0.1) is 0 Å². The molecule has 1 aromatic carbocycles. The maximum Gasteiger partial charge on any atom is 0.275 e. The number of benzene rings is 1. The zero-order chi connectivity index (χ0) is 27.8. The van der Waals surface area contributed by atoms with E-state index in [1.165, 1.54) is 11.1 Å². The van der Waals surface area contributed by atoms with Gasteiger partial charge in [0.2, 0.25) is 11.9 Å². The summed E-state index contributed by atoms with van der Waals surface area (Å²) in [6, 6.07) is 8.70. The van der Waals surface area contributed by atoms with Gasteiger partial charge >= 0.3 is 0 Å². The lowest BCUT2D eigenvalue weighted by atomic mass is 10.1. The fraction of sp³-hybridized carbons (Fsp3) is 0.393. The van der Waals surface area contributed by atoms with Gasteiger partial charge in [-0.1, -0.05) is 24.3 Å². The van der Waals surface area contributed by atoms with Crippen LogP contribution in [0.25, 0.3) is 11.1 Å². The van der Waals surface area contributed by atoms with Crippen LogP contribution in [-0.4, -0.2) is 95.5 Å². The second-order valence-electron chi connectivity index (χ2n) is 10.7. The summed E-state index contributed by atoms with van der Waals surface area (Å²) in [5.41, 5.74) is 5.97. The van der Waals surface area contributed by atoms with Gasteiger partial charge in [-0.2, -0.15) is 20.5 Å². The number of rotatable bonds is 6. The summed E-state index contributed by atoms with van der Waals surface area (Å²) >= 11 is 0. The van der Waals surface area contributed by atoms with Crippen LogP contribution >= 0.6 is 0 Å². The molecule has 7 rings (SSSR count). The monoisotopic (exact) mass is 553 g/mol. The fourth-order valence-electron chi connectivity index (χ4n) is 5.83. The van der Waals surface area contributed by atoms with Gasteiger partial charge in [0.05, 0.1) is 12.2 Å². The minimum Gasteiger partial charge on any atom is -0.351 e. The number of carbonyl (C=O) groups is 2. The standard InChI is InChI=1S/C28H31N11O2/c40-25(38-8-5-23-24(16-38)34-36-33-23)17-39-15-22(26(35-39)27(41)37-9-6-29-7-10-37)20-13-30-28(31-14-20)32-21-11-18-3-1-2-4-19(18)12-21/h1-4,13-15,21,29H,5-12,16-17H2,(H,30,31,32)(H,33,34,36). The lowest BCUT2D eigenvalue weighted by Crippen LogP contribution is -2.46. The third kappa shape index (κ3) is 5.15. The molecule has 3 N–H and O–H groups in total. The Bertz CT molecular complexity index is 1550. The highest BCUT2D eigenvalue weighted by Gasteiger charge is 2.28. The number of hydrogen-bond acceptors (Lipinski definition) is 9. The van der Waals surface area contributed by atoms with E-state index in [4.69, 9.17) is 0 Å². The molecule has 5 heterocycles. The summed E-state index contributed by atoms with van der Waals surface area (Å²) in [6.45, 7) is 3.63. The van der Waals surface area contributed by atoms with Gasteiger partial charge in [0.1, 0.15) is 12.2 Å². The first-order valence-electron chi connectivity index (χ1n) is 14.0. The smallest absolute Gasteiger partial charge is 0.275 e. The van der Waals surface area contributed by atoms with Gasteiger partial charge in [0.15, 0.2) is 5.69 Å². The summed E-state index contributed by atoms with van der Waals surface area (Å²) in [7, 11) is 0. The van der Waals surface area contributed by atoms with Crippen LogP contribution in [-0.2, 0) is 37.1 Å². The number of aromatic amines is 1. The molecule has 2 amide bonds. The number of nitrogens with zero attached hydrogens (tertiary/aromatic N) is 8. The molecule has 210 valence electrons. The van der Waals surface area contributed by atoms with Crippen LogP contribution in [0.4, 0.5) is 5.95 Å². The van der Waals surface area contributed by atoms with Crippen molar-refractivity contribution in [2.75, 3.05) is 38.0 Å². The Morgan fingerprint density at radius 3 is 2.44 bits per heavy atom. The highest BCUT2D eigenvalue weighted by atomic mass is 16.2. The Morgan fingerprint density at radius 1 is 0.951 bits per heavy atom. The van der Waals surface area contributed by atoms with Crippen molar-refractivity contribution in [3.05, 3.63) is 71.1 Å². The van der Waals surface area contributed by atoms with Crippen molar-refractivity contribution < 1.29 is 9.59 Å². The first-order chi connectivity index (χ1) is 20.1. The molecule has 1 fully saturated rings. The molecule has 13 nitrogen and oxygen atoms in total. The largest absolute Gasteiger partial charge is 0.351 e. The molecular weight excluding hydrogens is 522 g/mol. The van der Waals surface area contributed by atoms with E-state index in [1.54, 1.807) is 33.1 Å². The van der Waals surface area contributed by atoms with Crippen LogP contribution in [0.5, 0.6) is 0 Å². The Kier molecular flexibility index (Phi) is 6.63. The number of aromatic nitrogens is 7. The molecule has 41 heavy (non-hydrogen) atoms. The maximum absolute atomic E-state index is 13.6. The minimum atomic E-state index is -0.163. The number of H-pyrrole nitrogens is 1. The number of piperazine rings is 1. The van der Waals surface area contributed by atoms with E-state index in [1.807, 2.05) is 0 Å². The van der Waals surface area contributed by atoms with Crippen molar-refractivity contribution in [2.24, 2.45) is 0 Å². The van der Waals surface area contributed by atoms with Crippen molar-refractivity contribution in [1.82, 2.24) is 50.3 Å². The van der Waals surface area contributed by atoms with E-state index in [9.17, 15) is 9.59 Å². The second-order valence-corrected chi connectivity index (χ2v) is 10.7. The van der Waals surface area contributed by atoms with E-state index in [0.29, 0.717) is 55.4 Å². The molecule has 1 aliphatic carbocycles. The number of fused-ring (bicyclic) bond motifs is 2. The Morgan fingerprint density at radius 2 is 1.68 bits per heavy atom. The number of anilines is 1. The molecule has 2 aliphatic heterocycles. The van der Waals surface area contributed by atoms with E-state index in [2.05, 4.69) is 65.4 Å². The minimum absolute atomic E-state index is 0.0117. The molecule has 13 heteroatoms. The first-order valence-corrected chi connectivity index (χ1v) is 14.0. The first kappa shape index (κ1) is 25.3. The van der Waals surface area contributed by atoms with Gasteiger partial charge in [0.25, 0.3) is 5.91 Å². The van der Waals surface area contributed by atoms with E-state index >= 15 is 0 Å². The van der Waals surface area contributed by atoms with Crippen LogP contribution in [0.1, 0.15) is 33.0 Å². The van der Waals surface area contributed by atoms with Gasteiger partial charge in [-0.15, -0.1) is 0 Å². The number of hydrogen-bond donors (Lipinski definition) is 3. The van der Waals surface area contributed by atoms with Crippen molar-refractivity contribution >= 4 is 17.8 Å². The highest BCUT2D eigenvalue weighted by Crippen LogP contribution is 2.26. The summed E-state index contributed by atoms with van der Waals surface area (Å²) in [6.07, 6.45) is 7.69. The molecule has 0 saturated carbocycles. The fourth-order valence-corrected chi connectivity index (χ4v) is 5.83. The quantitative estimate of drug-likeness (QED) is 0.313. The average molecular weight is 554 g/mol. The Balaban J connectivity index is 1.10. The van der Waals surface area contributed by atoms with E-state index < -0.39 is 0 Å². The normalized spacial score (nSPS) is 16.9. The Labute approximate surface area is 236 Å². The lowest BCUT2D eigenvalue weighted by Gasteiger charge is -2.27. The number of amides is 2. The van der Waals surface area contributed by atoms with Gasteiger partial charge in [-0.05, 0) is 24.0 Å². The molecular formula is C28H31N11O2. The van der Waals surface area contributed by atoms with E-state index in [0.717, 1.165) is 37.3 Å². The van der Waals surface area contributed by atoms with Gasteiger partial charge < -0.3 is 20.4 Å². The number of nitrogens with one attached hydrogen (secondary N) is 3. The maximum atomic E-state index is 13.6. The summed E-state index contributed by atoms with van der Waals surface area (Å²) in [5.74, 6) is 0.285. The average Bonchev–Trinajstić information content (AvgIpc) is 3.75. The molecule has 0 bridgehead atoms. The summed E-state index contributed by atoms with van der Waals surface area (Å²) in [5, 5.41) is 22.2. The van der Waals surface area contributed by atoms with Crippen LogP contribution in [0.15, 0.2) is 42.9 Å². The van der Waals surface area contributed by atoms with Crippen molar-refractivity contribution in [2.45, 2.75) is 38.4 Å². The zero-order valence-corrected chi connectivity index (χ0v) is 22.6. The van der Waals surface area contributed by atoms with Crippen molar-refractivity contribution in [3.63, 3.8) is 0 Å². The summed E-state index contributed by atoms with van der Waals surface area (Å²) < 4.78 is 1.55. The molecule has 4 aromatic rings. The zero-order valence-electron chi connectivity index (χ0n) is 22.6. The van der Waals surface area contributed by atoms with Crippen LogP contribution in [0.2, 0.25) is 0 Å². The predicted molar refractivity (Wildman–Crippen MR) is 149 cm³/mol. The highest BCUT2D eigenvalue weighted by molar-refractivity contribution is 5.99. The molecule has 0 spiro atoms. The van der Waals surface area contributed by atoms with Crippen molar-refractivity contribution in [1.29, 1.82) is 0 Å². The molecule has 0 unspecified atom stereocenters. The summed E-state index contributed by atoms with van der Waals surface area (Å²) in [4.78, 5) is 39.4. The predicted octanol–water partition coefficient (Wildman–Crippen LogP) is 0.668. The SMILES string of the molecule is O=C(Cn1cc(-c2cnc(NC3Cc4ccccc4C3)nc2)c(C(=O)N2CCNCC2)n1)N1CCc2n[nH]nc2C1. The van der Waals surface area contributed by atoms with Gasteiger partial charge in [-0.25, -0.2) is 9.97 Å². The third-order valence-electron chi connectivity index (χ3n) is 8.03. The van der Waals surface area contributed by atoms with Gasteiger partial charge in [0, 0.05) is 74.9 Å². The lowest BCUT2D eigenvalue weighted by molar-refractivity contribution is -0.133. The second kappa shape index (κ2) is 10.7. The van der Waals surface area contributed by atoms with Crippen molar-refractivity contribution in [3.8, 4) is 11.1 Å². The Hall–Kier alpha value is -4.65. The van der Waals surface area contributed by atoms with Crippen LogP contribution in [0.3, 0.4) is 0 Å². The molecule has 3 aliphatic rings. The molecule has 0 atom stereocenters. The topological polar surface area (TPSA) is 150 Å². The molecule has 1 saturated heterocycles. The van der Waals surface area contributed by atoms with E-state index in [-0.39, 0.29) is 24.4 Å².